The van der Waals surface area contributed by atoms with Crippen LogP contribution in [0.15, 0.2) is 24.3 Å². The third-order valence-corrected chi connectivity index (χ3v) is 3.64. The molecule has 1 amide bonds. The summed E-state index contributed by atoms with van der Waals surface area (Å²) < 4.78 is 5.61. The number of benzene rings is 1. The average Bonchev–Trinajstić information content (AvgIpc) is 2.44. The van der Waals surface area contributed by atoms with Gasteiger partial charge in [0.2, 0.25) is 5.91 Å². The van der Waals surface area contributed by atoms with Gasteiger partial charge in [0.1, 0.15) is 12.4 Å². The molecule has 1 N–H and O–H groups in total. The number of carbonyl (C=O) groups excluding carboxylic acids is 1. The zero-order chi connectivity index (χ0) is 13.5. The van der Waals surface area contributed by atoms with Crippen LogP contribution in [-0.2, 0) is 4.79 Å². The molecule has 1 aliphatic rings. The van der Waals surface area contributed by atoms with Crippen molar-refractivity contribution in [2.24, 2.45) is 5.92 Å². The van der Waals surface area contributed by atoms with E-state index in [1.807, 2.05) is 31.2 Å². The van der Waals surface area contributed by atoms with Gasteiger partial charge in [0, 0.05) is 5.92 Å². The third-order valence-electron chi connectivity index (χ3n) is 3.64. The first-order chi connectivity index (χ1) is 9.25. The maximum absolute atomic E-state index is 11.9. The van der Waals surface area contributed by atoms with Gasteiger partial charge in [-0.15, -0.1) is 0 Å². The Bertz CT molecular complexity index is 411. The molecule has 0 atom stereocenters. The van der Waals surface area contributed by atoms with Crippen LogP contribution in [0.1, 0.15) is 37.7 Å². The highest BCUT2D eigenvalue weighted by Crippen LogP contribution is 2.23. The Hall–Kier alpha value is -1.51. The molecule has 0 saturated heterocycles. The lowest BCUT2D eigenvalue weighted by Gasteiger charge is -2.20. The molecule has 104 valence electrons. The molecule has 0 unspecified atom stereocenters. The minimum absolute atomic E-state index is 0.201. The molecule has 0 heterocycles. The summed E-state index contributed by atoms with van der Waals surface area (Å²) in [7, 11) is 0. The van der Waals surface area contributed by atoms with Gasteiger partial charge in [-0.25, -0.2) is 0 Å². The monoisotopic (exact) mass is 261 g/mol. The minimum atomic E-state index is 0.201. The summed E-state index contributed by atoms with van der Waals surface area (Å²) in [6, 6.07) is 7.96. The molecule has 1 saturated carbocycles. The second-order valence-electron chi connectivity index (χ2n) is 5.29. The summed E-state index contributed by atoms with van der Waals surface area (Å²) in [5.74, 6) is 1.30. The molecule has 19 heavy (non-hydrogen) atoms. The van der Waals surface area contributed by atoms with Gasteiger partial charge in [-0.2, -0.15) is 0 Å². The number of amides is 1. The van der Waals surface area contributed by atoms with Crippen molar-refractivity contribution in [1.82, 2.24) is 5.32 Å². The third kappa shape index (κ3) is 4.58. The van der Waals surface area contributed by atoms with E-state index >= 15 is 0 Å². The Morgan fingerprint density at radius 1 is 1.32 bits per heavy atom. The van der Waals surface area contributed by atoms with Crippen molar-refractivity contribution in [3.05, 3.63) is 29.8 Å². The number of rotatable bonds is 5. The second-order valence-corrected chi connectivity index (χ2v) is 5.29. The lowest BCUT2D eigenvalue weighted by Crippen LogP contribution is -2.34. The van der Waals surface area contributed by atoms with Crippen molar-refractivity contribution in [2.75, 3.05) is 13.2 Å². The highest BCUT2D eigenvalue weighted by atomic mass is 16.5. The molecule has 0 bridgehead atoms. The lowest BCUT2D eigenvalue weighted by molar-refractivity contribution is -0.126. The summed E-state index contributed by atoms with van der Waals surface area (Å²) in [4.78, 5) is 11.9. The summed E-state index contributed by atoms with van der Waals surface area (Å²) in [6.45, 7) is 3.16. The Morgan fingerprint density at radius 2 is 2.11 bits per heavy atom. The average molecular weight is 261 g/mol. The Balaban J connectivity index is 1.65. The molecule has 0 radical (unpaired) electrons. The summed E-state index contributed by atoms with van der Waals surface area (Å²) in [6.07, 6.45) is 5.76. The molecule has 0 aromatic heterocycles. The highest BCUT2D eigenvalue weighted by molar-refractivity contribution is 5.78. The van der Waals surface area contributed by atoms with E-state index in [1.165, 1.54) is 24.8 Å². The van der Waals surface area contributed by atoms with E-state index < -0.39 is 0 Å². The molecule has 1 aliphatic carbocycles. The fourth-order valence-electron chi connectivity index (χ4n) is 2.56. The van der Waals surface area contributed by atoms with Gasteiger partial charge in [-0.3, -0.25) is 4.79 Å². The lowest BCUT2D eigenvalue weighted by atomic mass is 9.89. The summed E-state index contributed by atoms with van der Waals surface area (Å²) in [5.41, 5.74) is 1.18. The smallest absolute Gasteiger partial charge is 0.223 e. The van der Waals surface area contributed by atoms with Crippen LogP contribution in [-0.4, -0.2) is 19.1 Å². The van der Waals surface area contributed by atoms with Gasteiger partial charge in [-0.1, -0.05) is 31.4 Å². The fraction of sp³-hybridized carbons (Fsp3) is 0.562. The predicted molar refractivity (Wildman–Crippen MR) is 76.3 cm³/mol. The van der Waals surface area contributed by atoms with Crippen LogP contribution in [0.25, 0.3) is 0 Å². The Labute approximate surface area is 115 Å². The van der Waals surface area contributed by atoms with Gasteiger partial charge in [-0.05, 0) is 37.5 Å². The first-order valence-electron chi connectivity index (χ1n) is 7.23. The van der Waals surface area contributed by atoms with Crippen molar-refractivity contribution in [2.45, 2.75) is 39.0 Å². The van der Waals surface area contributed by atoms with Crippen LogP contribution in [0.4, 0.5) is 0 Å². The van der Waals surface area contributed by atoms with Crippen LogP contribution < -0.4 is 10.1 Å². The maximum atomic E-state index is 11.9. The minimum Gasteiger partial charge on any atom is -0.492 e. The fourth-order valence-corrected chi connectivity index (χ4v) is 2.56. The largest absolute Gasteiger partial charge is 0.492 e. The van der Waals surface area contributed by atoms with Crippen molar-refractivity contribution in [3.8, 4) is 5.75 Å². The molecule has 3 nitrogen and oxygen atoms in total. The van der Waals surface area contributed by atoms with Crippen molar-refractivity contribution in [3.63, 3.8) is 0 Å². The quantitative estimate of drug-likeness (QED) is 0.827. The van der Waals surface area contributed by atoms with E-state index in [2.05, 4.69) is 5.32 Å². The van der Waals surface area contributed by atoms with Crippen LogP contribution in [0.3, 0.4) is 0 Å². The van der Waals surface area contributed by atoms with Gasteiger partial charge in [0.15, 0.2) is 0 Å². The van der Waals surface area contributed by atoms with E-state index in [9.17, 15) is 4.79 Å². The molecular formula is C16H23NO2. The molecule has 1 aromatic rings. The molecule has 0 aliphatic heterocycles. The van der Waals surface area contributed by atoms with E-state index in [1.54, 1.807) is 0 Å². The standard InChI is InChI=1S/C16H23NO2/c1-13-6-5-9-15(12-13)19-11-10-17-16(18)14-7-3-2-4-8-14/h5-6,9,12,14H,2-4,7-8,10-11H2,1H3,(H,17,18). The van der Waals surface area contributed by atoms with E-state index in [-0.39, 0.29) is 11.8 Å². The number of ether oxygens (including phenoxy) is 1. The zero-order valence-corrected chi connectivity index (χ0v) is 11.7. The van der Waals surface area contributed by atoms with E-state index in [0.29, 0.717) is 13.2 Å². The van der Waals surface area contributed by atoms with E-state index in [4.69, 9.17) is 4.74 Å². The van der Waals surface area contributed by atoms with E-state index in [0.717, 1.165) is 18.6 Å². The molecular weight excluding hydrogens is 238 g/mol. The number of carbonyl (C=O) groups is 1. The summed E-state index contributed by atoms with van der Waals surface area (Å²) >= 11 is 0. The second kappa shape index (κ2) is 7.17. The predicted octanol–water partition coefficient (Wildman–Crippen LogP) is 3.07. The highest BCUT2D eigenvalue weighted by Gasteiger charge is 2.20. The van der Waals surface area contributed by atoms with Crippen LogP contribution >= 0.6 is 0 Å². The number of aryl methyl sites for hydroxylation is 1. The van der Waals surface area contributed by atoms with Crippen molar-refractivity contribution < 1.29 is 9.53 Å². The topological polar surface area (TPSA) is 38.3 Å². The molecule has 2 rings (SSSR count). The zero-order valence-electron chi connectivity index (χ0n) is 11.7. The van der Waals surface area contributed by atoms with Gasteiger partial charge in [0.25, 0.3) is 0 Å². The van der Waals surface area contributed by atoms with Crippen LogP contribution in [0, 0.1) is 12.8 Å². The Morgan fingerprint density at radius 3 is 2.84 bits per heavy atom. The number of nitrogens with one attached hydrogen (secondary N) is 1. The van der Waals surface area contributed by atoms with Crippen LogP contribution in [0.2, 0.25) is 0 Å². The molecule has 0 spiro atoms. The van der Waals surface area contributed by atoms with Gasteiger partial charge < -0.3 is 10.1 Å². The maximum Gasteiger partial charge on any atom is 0.223 e. The van der Waals surface area contributed by atoms with Crippen molar-refractivity contribution in [1.29, 1.82) is 0 Å². The molecule has 3 heteroatoms. The Kier molecular flexibility index (Phi) is 5.25. The summed E-state index contributed by atoms with van der Waals surface area (Å²) in [5, 5.41) is 2.97. The van der Waals surface area contributed by atoms with Gasteiger partial charge in [0.05, 0.1) is 6.54 Å². The normalized spacial score (nSPS) is 16.1. The first-order valence-corrected chi connectivity index (χ1v) is 7.23. The van der Waals surface area contributed by atoms with Crippen molar-refractivity contribution >= 4 is 5.91 Å². The molecule has 1 fully saturated rings. The number of hydrogen-bond donors (Lipinski definition) is 1. The SMILES string of the molecule is Cc1cccc(OCCNC(=O)C2CCCCC2)c1. The first kappa shape index (κ1) is 13.9. The van der Waals surface area contributed by atoms with Gasteiger partial charge >= 0.3 is 0 Å². The van der Waals surface area contributed by atoms with Crippen LogP contribution in [0.5, 0.6) is 5.75 Å². The number of hydrogen-bond acceptors (Lipinski definition) is 2. The molecule has 1 aromatic carbocycles.